The maximum Gasteiger partial charge on any atom is 0.363 e. The molecule has 0 aliphatic rings. The molecule has 1 aromatic heterocycles. The second-order valence-electron chi connectivity index (χ2n) is 3.90. The van der Waals surface area contributed by atoms with E-state index in [0.29, 0.717) is 11.4 Å². The summed E-state index contributed by atoms with van der Waals surface area (Å²) in [7, 11) is 0. The minimum atomic E-state index is -0.450. The summed E-state index contributed by atoms with van der Waals surface area (Å²) >= 11 is 1.36. The topological polar surface area (TPSA) is 48.4 Å². The number of esters is 1. The molecule has 0 unspecified atom stereocenters. The highest BCUT2D eigenvalue weighted by molar-refractivity contribution is 7.07. The molecule has 18 heavy (non-hydrogen) atoms. The van der Waals surface area contributed by atoms with E-state index in [0.717, 1.165) is 5.75 Å². The smallest absolute Gasteiger partial charge is 0.363 e. The number of aromatic nitrogens is 1. The number of hydrogen-bond acceptors (Lipinski definition) is 5. The van der Waals surface area contributed by atoms with E-state index < -0.39 is 5.97 Å². The number of rotatable bonds is 4. The molecule has 0 radical (unpaired) electrons. The quantitative estimate of drug-likeness (QED) is 0.628. The zero-order chi connectivity index (χ0) is 13.0. The van der Waals surface area contributed by atoms with Gasteiger partial charge < -0.3 is 9.47 Å². The van der Waals surface area contributed by atoms with Crippen molar-refractivity contribution < 1.29 is 14.3 Å². The van der Waals surface area contributed by atoms with E-state index >= 15 is 0 Å². The summed E-state index contributed by atoms with van der Waals surface area (Å²) < 4.78 is 10.7. The van der Waals surface area contributed by atoms with E-state index in [2.05, 4.69) is 4.98 Å². The Labute approximate surface area is 109 Å². The molecule has 4 nitrogen and oxygen atoms in total. The number of ether oxygens (including phenoxy) is 2. The molecule has 94 valence electrons. The molecule has 1 heterocycles. The predicted octanol–water partition coefficient (Wildman–Crippen LogP) is 3.15. The minimum absolute atomic E-state index is 0.119. The third-order valence-corrected chi connectivity index (χ3v) is 2.63. The van der Waals surface area contributed by atoms with Crippen molar-refractivity contribution in [2.24, 2.45) is 0 Å². The van der Waals surface area contributed by atoms with Gasteiger partial charge in [0.15, 0.2) is 5.69 Å². The molecule has 0 bridgehead atoms. The van der Waals surface area contributed by atoms with E-state index in [-0.39, 0.29) is 6.10 Å². The van der Waals surface area contributed by atoms with Gasteiger partial charge in [-0.15, -0.1) is 11.3 Å². The third kappa shape index (κ3) is 3.30. The van der Waals surface area contributed by atoms with Crippen LogP contribution in [0.3, 0.4) is 0 Å². The second-order valence-corrected chi connectivity index (χ2v) is 4.62. The standard InChI is InChI=1S/C13H13NO3S/c1-9(2)16-10-3-5-11(6-4-10)17-13(15)12-7-18-8-14-12/h3-9H,1-2H3. The number of thiazole rings is 1. The van der Waals surface area contributed by atoms with Crippen molar-refractivity contribution in [2.75, 3.05) is 0 Å². The number of benzene rings is 1. The largest absolute Gasteiger partial charge is 0.491 e. The third-order valence-electron chi connectivity index (χ3n) is 2.05. The van der Waals surface area contributed by atoms with Crippen LogP contribution >= 0.6 is 11.3 Å². The highest BCUT2D eigenvalue weighted by atomic mass is 32.1. The predicted molar refractivity (Wildman–Crippen MR) is 69.3 cm³/mol. The van der Waals surface area contributed by atoms with Crippen LogP contribution in [0.5, 0.6) is 11.5 Å². The van der Waals surface area contributed by atoms with E-state index in [1.807, 2.05) is 13.8 Å². The maximum atomic E-state index is 11.6. The van der Waals surface area contributed by atoms with Gasteiger partial charge in [0, 0.05) is 5.38 Å². The molecular weight excluding hydrogens is 250 g/mol. The summed E-state index contributed by atoms with van der Waals surface area (Å²) in [6.45, 7) is 3.91. The molecule has 0 saturated heterocycles. The first-order valence-corrected chi connectivity index (χ1v) is 6.46. The van der Waals surface area contributed by atoms with Crippen LogP contribution in [-0.2, 0) is 0 Å². The molecule has 2 aromatic rings. The van der Waals surface area contributed by atoms with Gasteiger partial charge in [0.05, 0.1) is 11.6 Å². The minimum Gasteiger partial charge on any atom is -0.491 e. The summed E-state index contributed by atoms with van der Waals surface area (Å²) in [5.41, 5.74) is 1.92. The average Bonchev–Trinajstić information content (AvgIpc) is 2.84. The lowest BCUT2D eigenvalue weighted by atomic mass is 10.3. The van der Waals surface area contributed by atoms with Gasteiger partial charge in [-0.2, -0.15) is 0 Å². The van der Waals surface area contributed by atoms with Crippen molar-refractivity contribution >= 4 is 17.3 Å². The number of hydrogen-bond donors (Lipinski definition) is 0. The summed E-state index contributed by atoms with van der Waals surface area (Å²) in [6.07, 6.45) is 0.119. The Morgan fingerprint density at radius 3 is 2.44 bits per heavy atom. The summed E-state index contributed by atoms with van der Waals surface area (Å²) in [5.74, 6) is 0.774. The van der Waals surface area contributed by atoms with Crippen molar-refractivity contribution in [3.63, 3.8) is 0 Å². The second kappa shape index (κ2) is 5.64. The molecule has 0 amide bonds. The van der Waals surface area contributed by atoms with E-state index in [1.165, 1.54) is 11.3 Å². The van der Waals surface area contributed by atoms with Crippen molar-refractivity contribution in [3.05, 3.63) is 40.8 Å². The van der Waals surface area contributed by atoms with Gasteiger partial charge in [-0.1, -0.05) is 0 Å². The highest BCUT2D eigenvalue weighted by Gasteiger charge is 2.10. The van der Waals surface area contributed by atoms with Gasteiger partial charge in [-0.05, 0) is 38.1 Å². The van der Waals surface area contributed by atoms with Gasteiger partial charge in [0.25, 0.3) is 0 Å². The average molecular weight is 263 g/mol. The Morgan fingerprint density at radius 1 is 1.22 bits per heavy atom. The molecule has 5 heteroatoms. The van der Waals surface area contributed by atoms with Crippen LogP contribution in [0, 0.1) is 0 Å². The van der Waals surface area contributed by atoms with Crippen molar-refractivity contribution in [2.45, 2.75) is 20.0 Å². The molecule has 1 aromatic carbocycles. The van der Waals surface area contributed by atoms with Crippen LogP contribution in [0.1, 0.15) is 24.3 Å². The first-order valence-electron chi connectivity index (χ1n) is 5.52. The van der Waals surface area contributed by atoms with Crippen LogP contribution in [-0.4, -0.2) is 17.1 Å². The molecule has 0 aliphatic carbocycles. The molecule has 0 aliphatic heterocycles. The Bertz CT molecular complexity index is 506. The first-order chi connectivity index (χ1) is 8.65. The SMILES string of the molecule is CC(C)Oc1ccc(OC(=O)c2cscn2)cc1. The van der Waals surface area contributed by atoms with Gasteiger partial charge in [0.2, 0.25) is 0 Å². The highest BCUT2D eigenvalue weighted by Crippen LogP contribution is 2.19. The van der Waals surface area contributed by atoms with Crippen LogP contribution in [0.4, 0.5) is 0 Å². The fourth-order valence-corrected chi connectivity index (χ4v) is 1.85. The number of carbonyl (C=O) groups excluding carboxylic acids is 1. The Hall–Kier alpha value is -1.88. The molecule has 0 N–H and O–H groups in total. The van der Waals surface area contributed by atoms with Crippen LogP contribution < -0.4 is 9.47 Å². The molecule has 0 spiro atoms. The van der Waals surface area contributed by atoms with E-state index in [9.17, 15) is 4.79 Å². The molecule has 0 saturated carbocycles. The van der Waals surface area contributed by atoms with Crippen molar-refractivity contribution in [3.8, 4) is 11.5 Å². The fraction of sp³-hybridized carbons (Fsp3) is 0.231. The van der Waals surface area contributed by atoms with Gasteiger partial charge in [-0.25, -0.2) is 9.78 Å². The monoisotopic (exact) mass is 263 g/mol. The van der Waals surface area contributed by atoms with E-state index in [4.69, 9.17) is 9.47 Å². The maximum absolute atomic E-state index is 11.6. The normalized spacial score (nSPS) is 10.4. The summed E-state index contributed by atoms with van der Waals surface area (Å²) in [6, 6.07) is 6.93. The van der Waals surface area contributed by atoms with Crippen LogP contribution in [0.15, 0.2) is 35.2 Å². The Morgan fingerprint density at radius 2 is 1.89 bits per heavy atom. The van der Waals surface area contributed by atoms with E-state index in [1.54, 1.807) is 35.2 Å². The zero-order valence-electron chi connectivity index (χ0n) is 10.1. The molecule has 0 atom stereocenters. The van der Waals surface area contributed by atoms with Crippen molar-refractivity contribution in [1.29, 1.82) is 0 Å². The first kappa shape index (κ1) is 12.6. The van der Waals surface area contributed by atoms with Crippen LogP contribution in [0.25, 0.3) is 0 Å². The zero-order valence-corrected chi connectivity index (χ0v) is 10.9. The lowest BCUT2D eigenvalue weighted by Crippen LogP contribution is -2.09. The molecular formula is C13H13NO3S. The Balaban J connectivity index is 2.00. The van der Waals surface area contributed by atoms with Gasteiger partial charge >= 0.3 is 5.97 Å². The van der Waals surface area contributed by atoms with Gasteiger partial charge in [-0.3, -0.25) is 0 Å². The lowest BCUT2D eigenvalue weighted by molar-refractivity contribution is 0.0729. The summed E-state index contributed by atoms with van der Waals surface area (Å²) in [5, 5.41) is 1.65. The molecule has 0 fully saturated rings. The number of carbonyl (C=O) groups is 1. The summed E-state index contributed by atoms with van der Waals surface area (Å²) in [4.78, 5) is 15.5. The fourth-order valence-electron chi connectivity index (χ4n) is 1.33. The van der Waals surface area contributed by atoms with Gasteiger partial charge in [0.1, 0.15) is 11.5 Å². The Kier molecular flexibility index (Phi) is 3.94. The number of nitrogens with zero attached hydrogens (tertiary/aromatic N) is 1. The van der Waals surface area contributed by atoms with Crippen molar-refractivity contribution in [1.82, 2.24) is 4.98 Å². The molecule has 2 rings (SSSR count). The van der Waals surface area contributed by atoms with Crippen LogP contribution in [0.2, 0.25) is 0 Å². The lowest BCUT2D eigenvalue weighted by Gasteiger charge is -2.09.